The largest absolute Gasteiger partial charge is 2.00 e. The Bertz CT molecular complexity index is 11300. The summed E-state index contributed by atoms with van der Waals surface area (Å²) in [7, 11) is 2.58. The van der Waals surface area contributed by atoms with E-state index < -0.39 is 5.41 Å². The first-order chi connectivity index (χ1) is 60.4. The van der Waals surface area contributed by atoms with Crippen molar-refractivity contribution in [3.63, 3.8) is 0 Å². The number of likely N-dealkylation sites (N-methyl/N-ethyl adjacent to an activating group) is 1. The minimum atomic E-state index is -0.457. The Balaban J connectivity index is 0.00000648. The van der Waals surface area contributed by atoms with Crippen molar-refractivity contribution in [3.8, 4) is 45.6 Å². The van der Waals surface area contributed by atoms with Gasteiger partial charge in [-0.1, -0.05) is 147 Å². The van der Waals surface area contributed by atoms with E-state index in [0.29, 0.717) is 45.9 Å². The average Bonchev–Trinajstić information content (AvgIpc) is 1.38. The van der Waals surface area contributed by atoms with E-state index in [2.05, 4.69) is 183 Å². The number of fused-ring (bicyclic) bond motifs is 20. The average molecular weight is 1620 g/mol. The zero-order valence-corrected chi connectivity index (χ0v) is 71.9. The van der Waals surface area contributed by atoms with E-state index in [1.807, 2.05) is 0 Å². The van der Waals surface area contributed by atoms with Crippen LogP contribution in [0.5, 0.6) is 0 Å². The molecule has 125 heavy (non-hydrogen) atoms. The van der Waals surface area contributed by atoms with E-state index in [0.717, 1.165) is 61.5 Å². The fourth-order valence-electron chi connectivity index (χ4n) is 33.7. The van der Waals surface area contributed by atoms with Crippen molar-refractivity contribution < 1.29 is 19.5 Å². The quantitative estimate of drug-likeness (QED) is 0.0970. The molecule has 0 amide bonds. The fraction of sp³-hybridized carbons (Fsp3) is 0.148. The molecule has 0 N–H and O–H groups in total. The van der Waals surface area contributed by atoms with Crippen LogP contribution in [0, 0.1) is 0 Å². The maximum absolute atomic E-state index is 5.57. The zero-order chi connectivity index (χ0) is 78.9. The SMILES string of the molecule is CN1CC23c4c5c6c7c8c9c(c%10c%11c2c2c4c4c%12c5c5c6c6c8c8c%13c9c9c%10c%10c%11c%11c2c2c4c4c%12c%12c5c5c6c8c6c8c%13c9c9c%10c%10c%11c2c2c4c4c%12c5c6c5c8c9c%10c2c45)C73C1c1ccc(/C=C/c2ccc3c4nc5nc(nc6[n-]c(nc7nc(nc([n-]4)c3c2)-c2ccc(C(C)(C)C)cc2-7)c2ccc(C(C)(C)C)cc62)-c2ccc(C(C)(C)C)cc2-5)cc1.[Zn+2]. The van der Waals surface area contributed by atoms with E-state index in [4.69, 9.17) is 39.9 Å². The van der Waals surface area contributed by atoms with Crippen molar-refractivity contribution in [2.45, 2.75) is 95.4 Å². The van der Waals surface area contributed by atoms with Gasteiger partial charge in [0, 0.05) is 57.4 Å². The van der Waals surface area contributed by atoms with Crippen LogP contribution in [-0.4, -0.2) is 48.4 Å². The van der Waals surface area contributed by atoms with Gasteiger partial charge in [-0.15, -0.1) is 0 Å². The Morgan fingerprint density at radius 1 is 0.272 bits per heavy atom. The van der Waals surface area contributed by atoms with Gasteiger partial charge < -0.3 is 29.9 Å². The third-order valence-electron chi connectivity index (χ3n) is 36.9. The predicted octanol–water partition coefficient (Wildman–Crippen LogP) is 28.5. The van der Waals surface area contributed by atoms with Crippen LogP contribution in [0.15, 0.2) is 97.1 Å². The minimum absolute atomic E-state index is 0. The number of nitrogens with zero attached hydrogens (tertiary/aromatic N) is 9. The molecule has 0 radical (unpaired) electrons. The first kappa shape index (κ1) is 59.1. The molecule has 3 aromatic heterocycles. The summed E-state index contributed by atoms with van der Waals surface area (Å²) < 4.78 is 0. The van der Waals surface area contributed by atoms with Gasteiger partial charge in [0.05, 0.1) is 34.1 Å². The second-order valence-electron chi connectivity index (χ2n) is 44.1. The molecular formula is C115H51N9Zn. The van der Waals surface area contributed by atoms with Crippen LogP contribution in [0.4, 0.5) is 0 Å². The molecule has 1 fully saturated rings. The Morgan fingerprint density at radius 3 is 0.856 bits per heavy atom. The topological polar surface area (TPSA) is 109 Å². The van der Waals surface area contributed by atoms with Gasteiger partial charge in [0.1, 0.15) is 0 Å². The van der Waals surface area contributed by atoms with E-state index in [1.165, 1.54) is 22.3 Å². The number of hydrogen-bond donors (Lipinski definition) is 0. The second-order valence-corrected chi connectivity index (χ2v) is 44.1. The Morgan fingerprint density at radius 2 is 0.528 bits per heavy atom. The first-order valence-electron chi connectivity index (χ1n) is 45.0. The van der Waals surface area contributed by atoms with Gasteiger partial charge in [0.2, 0.25) is 0 Å². The molecule has 1 unspecified atom stereocenters. The van der Waals surface area contributed by atoms with E-state index in [9.17, 15) is 0 Å². The van der Waals surface area contributed by atoms with Crippen molar-refractivity contribution in [2.24, 2.45) is 0 Å². The van der Waals surface area contributed by atoms with Gasteiger partial charge in [0.25, 0.3) is 0 Å². The van der Waals surface area contributed by atoms with Crippen LogP contribution in [0.2, 0.25) is 0 Å². The summed E-state index contributed by atoms with van der Waals surface area (Å²) in [6.07, 6.45) is 4.62. The zero-order valence-electron chi connectivity index (χ0n) is 68.9. The molecule has 8 bridgehead atoms. The summed E-state index contributed by atoms with van der Waals surface area (Å²) in [5, 5.41) is 92.0. The van der Waals surface area contributed by atoms with Crippen molar-refractivity contribution in [2.75, 3.05) is 13.6 Å². The molecule has 9 nitrogen and oxygen atoms in total. The molecular weight excluding hydrogens is 1570 g/mol. The van der Waals surface area contributed by atoms with Crippen molar-refractivity contribution in [3.05, 3.63) is 153 Å². The first-order valence-corrected chi connectivity index (χ1v) is 45.0. The molecule has 7 aliphatic rings. The summed E-state index contributed by atoms with van der Waals surface area (Å²) >= 11 is 0. The normalized spacial score (nSPS) is 19.3. The Labute approximate surface area is 713 Å². The van der Waals surface area contributed by atoms with Crippen LogP contribution in [-0.2, 0) is 46.6 Å². The predicted molar refractivity (Wildman–Crippen MR) is 515 cm³/mol. The number of rotatable bonds is 3. The molecule has 3 aliphatic heterocycles. The number of hydrogen-bond acceptors (Lipinski definition) is 7. The van der Waals surface area contributed by atoms with Gasteiger partial charge in [-0.3, -0.25) is 4.90 Å². The van der Waals surface area contributed by atoms with Crippen LogP contribution in [0.3, 0.4) is 0 Å². The molecule has 43 rings (SSSR count). The van der Waals surface area contributed by atoms with Crippen LogP contribution in [0.1, 0.15) is 124 Å². The summed E-state index contributed by atoms with van der Waals surface area (Å²) in [5.74, 6) is 2.20. The van der Waals surface area contributed by atoms with Gasteiger partial charge in [-0.05, 0) is 416 Å². The third-order valence-corrected chi connectivity index (χ3v) is 36.9. The summed E-state index contributed by atoms with van der Waals surface area (Å²) in [6.45, 7) is 21.2. The van der Waals surface area contributed by atoms with Crippen LogP contribution in [0.25, 0.3) is 393 Å². The van der Waals surface area contributed by atoms with Gasteiger partial charge >= 0.3 is 19.5 Å². The standard InChI is InChI=1S/C115H51N9.Zn/c1-111(2,3)33-18-22-37-41(26-33)109-119-104(37)117-107-40-25-31(15-21-36(40)103(116-107)118-108-42-27-34(112(4,5)6)19-23-38(42)105(120-108)122-110-43-28-35(113(7,8)9)20-24-39(43)106(121-109)123-110)12-11-30-13-16-32(17-14-30)102-115-100-94-88-78-66-58-50-46-44-45-48-52(50)60(66)70-64-56(48)57-49(45)53-51-47(44)55-54(46)62-68(58)76-82-72(62)73-63(55)69-59(51)67-61(53)71-65(57)75-74(64)86(80(70)88)96(100)97-87(75)81(71)89-79(67)85-77(69)83(73)91-90(82)98(92(94)84(76)78)114(115,29-124(102)10)99(91)93(85)95(89)101(97)115;/h11-28,102H,29H2,1-10H3;/q-2;+2/b12-11+;. The molecule has 1 atom stereocenters. The third kappa shape index (κ3) is 4.65. The monoisotopic (exact) mass is 1620 g/mol. The van der Waals surface area contributed by atoms with Gasteiger partial charge in [-0.2, -0.15) is 0 Å². The summed E-state index contributed by atoms with van der Waals surface area (Å²) in [4.78, 5) is 46.5. The summed E-state index contributed by atoms with van der Waals surface area (Å²) in [6, 6.07) is 36.6. The molecule has 36 aromatic rings. The smallest absolute Gasteiger partial charge is 0.357 e. The van der Waals surface area contributed by atoms with Gasteiger partial charge in [-0.25, -0.2) is 9.97 Å². The van der Waals surface area contributed by atoms with Crippen LogP contribution >= 0.6 is 0 Å². The number of likely N-dealkylation sites (tertiary alicyclic amines) is 1. The number of aromatic nitrogens is 8. The second kappa shape index (κ2) is 15.7. The van der Waals surface area contributed by atoms with Crippen molar-refractivity contribution >= 4 is 347 Å². The Kier molecular flexibility index (Phi) is 7.44. The summed E-state index contributed by atoms with van der Waals surface area (Å²) in [5.41, 5.74) is 18.6. The molecule has 33 aromatic carbocycles. The van der Waals surface area contributed by atoms with E-state index in [1.54, 1.807) is 313 Å². The molecule has 10 heteroatoms. The number of benzene rings is 23. The molecule has 4 aliphatic carbocycles. The van der Waals surface area contributed by atoms with E-state index in [-0.39, 0.29) is 47.2 Å². The maximum Gasteiger partial charge on any atom is 2.00 e. The maximum atomic E-state index is 5.57. The Hall–Kier alpha value is -13.8. The van der Waals surface area contributed by atoms with Crippen molar-refractivity contribution in [1.29, 1.82) is 0 Å². The van der Waals surface area contributed by atoms with Crippen LogP contribution < -0.4 is 9.97 Å². The van der Waals surface area contributed by atoms with Gasteiger partial charge in [0.15, 0.2) is 0 Å². The molecule has 2 spiro atoms. The fourth-order valence-corrected chi connectivity index (χ4v) is 33.7. The van der Waals surface area contributed by atoms with E-state index >= 15 is 0 Å². The minimum Gasteiger partial charge on any atom is -0.357 e. The molecule has 1 saturated heterocycles. The molecule has 6 heterocycles. The molecule has 558 valence electrons. The molecule has 0 saturated carbocycles. The van der Waals surface area contributed by atoms with Crippen molar-refractivity contribution in [1.82, 2.24) is 44.8 Å².